The highest BCUT2D eigenvalue weighted by atomic mass is 19.1. The first-order valence-electron chi connectivity index (χ1n) is 7.42. The zero-order valence-corrected chi connectivity index (χ0v) is 13.2. The summed E-state index contributed by atoms with van der Waals surface area (Å²) in [6, 6.07) is 13.1. The minimum Gasteiger partial charge on any atom is -0.324 e. The third-order valence-corrected chi connectivity index (χ3v) is 3.45. The average Bonchev–Trinajstić information content (AvgIpc) is 2.52. The molecule has 0 atom stereocenters. The number of benzene rings is 2. The van der Waals surface area contributed by atoms with Crippen LogP contribution in [0.3, 0.4) is 0 Å². The van der Waals surface area contributed by atoms with Crippen molar-refractivity contribution in [2.75, 3.05) is 16.8 Å². The van der Waals surface area contributed by atoms with E-state index in [4.69, 9.17) is 0 Å². The van der Waals surface area contributed by atoms with Crippen molar-refractivity contribution in [3.8, 4) is 0 Å². The molecule has 0 saturated carbocycles. The Morgan fingerprint density at radius 1 is 1.13 bits per heavy atom. The molecule has 4 nitrogen and oxygen atoms in total. The standard InChI is InChI=1S/C18H19FN2O2/c1-3-14-7-4-5-10-17(14)21(13(2)22)12-18(23)20-16-9-6-8-15(19)11-16/h4-11H,3,12H2,1-2H3,(H,20,23). The van der Waals surface area contributed by atoms with Crippen molar-refractivity contribution in [1.82, 2.24) is 0 Å². The summed E-state index contributed by atoms with van der Waals surface area (Å²) in [7, 11) is 0. The number of nitrogens with one attached hydrogen (secondary N) is 1. The van der Waals surface area contributed by atoms with E-state index < -0.39 is 5.82 Å². The van der Waals surface area contributed by atoms with Crippen LogP contribution in [0.5, 0.6) is 0 Å². The molecule has 120 valence electrons. The van der Waals surface area contributed by atoms with Gasteiger partial charge in [-0.3, -0.25) is 9.59 Å². The predicted molar refractivity (Wildman–Crippen MR) is 88.9 cm³/mol. The monoisotopic (exact) mass is 314 g/mol. The van der Waals surface area contributed by atoms with Crippen LogP contribution in [0.15, 0.2) is 48.5 Å². The summed E-state index contributed by atoms with van der Waals surface area (Å²) in [6.45, 7) is 3.29. The molecule has 0 aliphatic rings. The molecule has 2 rings (SSSR count). The number of carbonyl (C=O) groups is 2. The topological polar surface area (TPSA) is 49.4 Å². The van der Waals surface area contributed by atoms with E-state index in [9.17, 15) is 14.0 Å². The van der Waals surface area contributed by atoms with E-state index in [-0.39, 0.29) is 18.4 Å². The highest BCUT2D eigenvalue weighted by Crippen LogP contribution is 2.21. The van der Waals surface area contributed by atoms with Crippen LogP contribution in [0.1, 0.15) is 19.4 Å². The second kappa shape index (κ2) is 7.54. The molecule has 0 aromatic heterocycles. The third-order valence-electron chi connectivity index (χ3n) is 3.45. The van der Waals surface area contributed by atoms with Crippen molar-refractivity contribution in [2.24, 2.45) is 0 Å². The Morgan fingerprint density at radius 3 is 2.52 bits per heavy atom. The molecule has 2 aromatic rings. The summed E-state index contributed by atoms with van der Waals surface area (Å²) in [5.74, 6) is -1.03. The normalized spacial score (nSPS) is 10.2. The van der Waals surface area contributed by atoms with Gasteiger partial charge in [0.2, 0.25) is 11.8 Å². The van der Waals surface area contributed by atoms with E-state index in [0.717, 1.165) is 17.7 Å². The number of nitrogens with zero attached hydrogens (tertiary/aromatic N) is 1. The Kier molecular flexibility index (Phi) is 5.46. The molecule has 0 saturated heterocycles. The van der Waals surface area contributed by atoms with Crippen LogP contribution in [-0.2, 0) is 16.0 Å². The van der Waals surface area contributed by atoms with Crippen LogP contribution < -0.4 is 10.2 Å². The number of anilines is 2. The van der Waals surface area contributed by atoms with Gasteiger partial charge in [-0.1, -0.05) is 31.2 Å². The number of amides is 2. The van der Waals surface area contributed by atoms with E-state index >= 15 is 0 Å². The van der Waals surface area contributed by atoms with E-state index in [1.807, 2.05) is 31.2 Å². The highest BCUT2D eigenvalue weighted by Gasteiger charge is 2.18. The Bertz CT molecular complexity index is 716. The second-order valence-electron chi connectivity index (χ2n) is 5.15. The van der Waals surface area contributed by atoms with Gasteiger partial charge in [-0.2, -0.15) is 0 Å². The summed E-state index contributed by atoms with van der Waals surface area (Å²) >= 11 is 0. The lowest BCUT2D eigenvalue weighted by atomic mass is 10.1. The number of aryl methyl sites for hydroxylation is 1. The van der Waals surface area contributed by atoms with Gasteiger partial charge in [0, 0.05) is 18.3 Å². The maximum atomic E-state index is 13.2. The SMILES string of the molecule is CCc1ccccc1N(CC(=O)Nc1cccc(F)c1)C(C)=O. The molecule has 0 radical (unpaired) electrons. The van der Waals surface area contributed by atoms with Gasteiger partial charge in [0.15, 0.2) is 0 Å². The van der Waals surface area contributed by atoms with Crippen molar-refractivity contribution in [2.45, 2.75) is 20.3 Å². The van der Waals surface area contributed by atoms with Crippen molar-refractivity contribution >= 4 is 23.2 Å². The van der Waals surface area contributed by atoms with Crippen molar-refractivity contribution < 1.29 is 14.0 Å². The molecule has 0 bridgehead atoms. The summed E-state index contributed by atoms with van der Waals surface area (Å²) in [6.07, 6.45) is 0.755. The molecule has 0 unspecified atom stereocenters. The van der Waals surface area contributed by atoms with E-state index in [2.05, 4.69) is 5.32 Å². The smallest absolute Gasteiger partial charge is 0.244 e. The van der Waals surface area contributed by atoms with Crippen LogP contribution in [-0.4, -0.2) is 18.4 Å². The van der Waals surface area contributed by atoms with Gasteiger partial charge in [0.1, 0.15) is 12.4 Å². The minimum absolute atomic E-state index is 0.122. The van der Waals surface area contributed by atoms with E-state index in [0.29, 0.717) is 5.69 Å². The fourth-order valence-electron chi connectivity index (χ4n) is 2.35. The largest absolute Gasteiger partial charge is 0.324 e. The molecule has 2 aromatic carbocycles. The maximum absolute atomic E-state index is 13.2. The van der Waals surface area contributed by atoms with Crippen LogP contribution in [0.25, 0.3) is 0 Å². The number of hydrogen-bond acceptors (Lipinski definition) is 2. The molecule has 2 amide bonds. The summed E-state index contributed by atoms with van der Waals surface area (Å²) in [4.78, 5) is 25.5. The predicted octanol–water partition coefficient (Wildman–Crippen LogP) is 3.38. The number of rotatable bonds is 5. The zero-order chi connectivity index (χ0) is 16.8. The fourth-order valence-corrected chi connectivity index (χ4v) is 2.35. The molecule has 0 fully saturated rings. The molecule has 1 N–H and O–H groups in total. The van der Waals surface area contributed by atoms with Gasteiger partial charge in [-0.15, -0.1) is 0 Å². The first kappa shape index (κ1) is 16.7. The minimum atomic E-state index is -0.428. The van der Waals surface area contributed by atoms with Crippen LogP contribution in [0, 0.1) is 5.82 Å². The number of para-hydroxylation sites is 1. The Morgan fingerprint density at radius 2 is 1.87 bits per heavy atom. The van der Waals surface area contributed by atoms with Crippen LogP contribution in [0.2, 0.25) is 0 Å². The Balaban J connectivity index is 2.16. The number of carbonyl (C=O) groups excluding carboxylic acids is 2. The van der Waals surface area contributed by atoms with Gasteiger partial charge < -0.3 is 10.2 Å². The Labute approximate surface area is 134 Å². The zero-order valence-electron chi connectivity index (χ0n) is 13.2. The summed E-state index contributed by atoms with van der Waals surface area (Å²) in [5, 5.41) is 2.60. The lowest BCUT2D eigenvalue weighted by Crippen LogP contribution is -2.37. The first-order valence-corrected chi connectivity index (χ1v) is 7.42. The summed E-state index contributed by atoms with van der Waals surface area (Å²) in [5.41, 5.74) is 2.07. The van der Waals surface area contributed by atoms with E-state index in [1.165, 1.54) is 30.0 Å². The average molecular weight is 314 g/mol. The maximum Gasteiger partial charge on any atom is 0.244 e. The first-order chi connectivity index (χ1) is 11.0. The van der Waals surface area contributed by atoms with Gasteiger partial charge in [-0.25, -0.2) is 4.39 Å². The molecule has 0 aliphatic carbocycles. The second-order valence-corrected chi connectivity index (χ2v) is 5.15. The van der Waals surface area contributed by atoms with Crippen molar-refractivity contribution in [3.63, 3.8) is 0 Å². The molecule has 0 aliphatic heterocycles. The highest BCUT2D eigenvalue weighted by molar-refractivity contribution is 6.02. The van der Waals surface area contributed by atoms with Crippen LogP contribution >= 0.6 is 0 Å². The number of halogens is 1. The van der Waals surface area contributed by atoms with Gasteiger partial charge >= 0.3 is 0 Å². The van der Waals surface area contributed by atoms with Crippen LogP contribution in [0.4, 0.5) is 15.8 Å². The molecular formula is C18H19FN2O2. The lowest BCUT2D eigenvalue weighted by molar-refractivity contribution is -0.120. The van der Waals surface area contributed by atoms with Crippen molar-refractivity contribution in [3.05, 3.63) is 59.9 Å². The van der Waals surface area contributed by atoms with Crippen molar-refractivity contribution in [1.29, 1.82) is 0 Å². The lowest BCUT2D eigenvalue weighted by Gasteiger charge is -2.23. The Hall–Kier alpha value is -2.69. The number of hydrogen-bond donors (Lipinski definition) is 1. The van der Waals surface area contributed by atoms with Gasteiger partial charge in [0.05, 0.1) is 0 Å². The summed E-state index contributed by atoms with van der Waals surface area (Å²) < 4.78 is 13.2. The molecular weight excluding hydrogens is 295 g/mol. The van der Waals surface area contributed by atoms with Gasteiger partial charge in [-0.05, 0) is 36.2 Å². The molecule has 5 heteroatoms. The van der Waals surface area contributed by atoms with E-state index in [1.54, 1.807) is 6.07 Å². The molecule has 0 spiro atoms. The molecule has 0 heterocycles. The fraction of sp³-hybridized carbons (Fsp3) is 0.222. The quantitative estimate of drug-likeness (QED) is 0.920. The molecule has 23 heavy (non-hydrogen) atoms. The third kappa shape index (κ3) is 4.39. The van der Waals surface area contributed by atoms with Gasteiger partial charge in [0.25, 0.3) is 0 Å².